The van der Waals surface area contributed by atoms with Crippen molar-refractivity contribution in [2.45, 2.75) is 67.9 Å². The van der Waals surface area contributed by atoms with Gasteiger partial charge in [-0.3, -0.25) is 4.31 Å². The van der Waals surface area contributed by atoms with E-state index in [-0.39, 0.29) is 4.11 Å². The van der Waals surface area contributed by atoms with Crippen LogP contribution in [0.25, 0.3) is 0 Å². The number of aryl methyl sites for hydroxylation is 1. The summed E-state index contributed by atoms with van der Waals surface area (Å²) >= 11 is 2.48. The Labute approximate surface area is 222 Å². The van der Waals surface area contributed by atoms with E-state index in [1.807, 2.05) is 7.11 Å². The molecule has 3 nitrogen and oxygen atoms in total. The number of allylic oxidation sites excluding steroid dienone is 1. The van der Waals surface area contributed by atoms with E-state index < -0.39 is 10.2 Å². The molecule has 0 amide bonds. The van der Waals surface area contributed by atoms with E-state index in [1.54, 1.807) is 7.11 Å². The molecule has 1 aliphatic heterocycles. The predicted octanol–water partition coefficient (Wildman–Crippen LogP) is 7.91. The number of methoxy groups -OCH3 is 2. The Balaban J connectivity index is 1.97. The minimum atomic E-state index is -0.978. The quantitative estimate of drug-likeness (QED) is 0.126. The Bertz CT molecular complexity index is 815. The third kappa shape index (κ3) is 7.25. The van der Waals surface area contributed by atoms with Crippen molar-refractivity contribution in [3.05, 3.63) is 77.9 Å². The molecule has 0 spiro atoms. The van der Waals surface area contributed by atoms with Gasteiger partial charge in [-0.1, -0.05) is 72.0 Å². The lowest BCUT2D eigenvalue weighted by molar-refractivity contribution is 0.176. The predicted molar refractivity (Wildman–Crippen MR) is 157 cm³/mol. The van der Waals surface area contributed by atoms with Crippen LogP contribution in [0.5, 0.6) is 5.75 Å². The first kappa shape index (κ1) is 27.6. The smallest absolute Gasteiger partial charge is 0.118 e. The van der Waals surface area contributed by atoms with E-state index in [1.165, 1.54) is 47.5 Å². The van der Waals surface area contributed by atoms with Gasteiger partial charge in [0.2, 0.25) is 0 Å². The third-order valence-electron chi connectivity index (χ3n) is 7.09. The lowest BCUT2D eigenvalue weighted by Crippen LogP contribution is -2.37. The van der Waals surface area contributed by atoms with Crippen LogP contribution in [0.15, 0.2) is 61.2 Å². The van der Waals surface area contributed by atoms with Crippen molar-refractivity contribution >= 4 is 32.8 Å². The lowest BCUT2D eigenvalue weighted by atomic mass is 10.1. The summed E-state index contributed by atoms with van der Waals surface area (Å²) in [7, 11) is 2.61. The molecule has 0 radical (unpaired) electrons. The summed E-state index contributed by atoms with van der Waals surface area (Å²) in [5.41, 5.74) is 4.19. The molecule has 1 heterocycles. The number of hydrogen-bond acceptors (Lipinski definition) is 3. The summed E-state index contributed by atoms with van der Waals surface area (Å²) in [6, 6.07) is 18.0. The van der Waals surface area contributed by atoms with Crippen LogP contribution in [0.3, 0.4) is 0 Å². The molecule has 2 atom stereocenters. The number of halogens is 1. The average molecular weight is 596 g/mol. The highest BCUT2D eigenvalue weighted by Crippen LogP contribution is 2.64. The average Bonchev–Trinajstić information content (AvgIpc) is 3.38. The SMILES string of the molecule is C=CCC[C@H](C[C@@H](I)OC)S1(N(Cc2ccc(CC)cc2)Cc2ccc(OC)cc2)CCCC1. The highest BCUT2D eigenvalue weighted by Gasteiger charge is 2.41. The van der Waals surface area contributed by atoms with Crippen LogP contribution >= 0.6 is 32.8 Å². The second kappa shape index (κ2) is 13.9. The minimum absolute atomic E-state index is 0.254. The van der Waals surface area contributed by atoms with Gasteiger partial charge in [-0.25, -0.2) is 0 Å². The maximum atomic E-state index is 5.77. The molecule has 0 unspecified atom stereocenters. The van der Waals surface area contributed by atoms with Gasteiger partial charge in [-0.05, 0) is 78.9 Å². The van der Waals surface area contributed by atoms with Gasteiger partial charge in [-0.2, -0.15) is 10.2 Å². The van der Waals surface area contributed by atoms with Crippen LogP contribution in [-0.4, -0.2) is 39.4 Å². The van der Waals surface area contributed by atoms with Crippen molar-refractivity contribution in [3.63, 3.8) is 0 Å². The zero-order valence-electron chi connectivity index (χ0n) is 21.2. The largest absolute Gasteiger partial charge is 0.497 e. The van der Waals surface area contributed by atoms with Crippen molar-refractivity contribution in [2.24, 2.45) is 0 Å². The van der Waals surface area contributed by atoms with E-state index in [0.717, 1.165) is 38.1 Å². The molecule has 2 aromatic carbocycles. The van der Waals surface area contributed by atoms with Crippen LogP contribution in [0.1, 0.15) is 55.7 Å². The van der Waals surface area contributed by atoms with Crippen LogP contribution in [-0.2, 0) is 24.2 Å². The van der Waals surface area contributed by atoms with E-state index in [0.29, 0.717) is 5.25 Å². The van der Waals surface area contributed by atoms with Gasteiger partial charge in [0.25, 0.3) is 0 Å². The van der Waals surface area contributed by atoms with Crippen molar-refractivity contribution in [1.82, 2.24) is 4.31 Å². The van der Waals surface area contributed by atoms with Crippen LogP contribution in [0.4, 0.5) is 0 Å². The number of rotatable bonds is 14. The molecule has 1 saturated heterocycles. The number of alkyl halides is 1. The summed E-state index contributed by atoms with van der Waals surface area (Å²) in [6.07, 6.45) is 9.27. The normalized spacial score (nSPS) is 17.9. The third-order valence-corrected chi connectivity index (χ3v) is 13.0. The highest BCUT2D eigenvalue weighted by atomic mass is 127. The maximum absolute atomic E-state index is 5.77. The van der Waals surface area contributed by atoms with Gasteiger partial charge in [0, 0.05) is 25.4 Å². The standard InChI is InChI=1S/C29H42INO2S/c1-5-7-10-28(21-29(30)33-4)34(19-8-9-20-34)31(22-25-13-11-24(6-2)12-14-25)23-26-15-17-27(32-3)18-16-26/h5,11-18,28-29H,1,6-10,19-23H2,2-4H3/t28-,29+/m1/s1. The topological polar surface area (TPSA) is 21.7 Å². The molecule has 0 N–H and O–H groups in total. The Morgan fingerprint density at radius 2 is 1.53 bits per heavy atom. The van der Waals surface area contributed by atoms with Gasteiger partial charge >= 0.3 is 0 Å². The van der Waals surface area contributed by atoms with Gasteiger partial charge in [0.05, 0.1) is 7.11 Å². The Morgan fingerprint density at radius 1 is 0.971 bits per heavy atom. The second-order valence-corrected chi connectivity index (χ2v) is 14.4. The fourth-order valence-electron chi connectivity index (χ4n) is 5.06. The van der Waals surface area contributed by atoms with Gasteiger partial charge in [0.1, 0.15) is 9.86 Å². The molecule has 0 saturated carbocycles. The Hall–Kier alpha value is -1.02. The summed E-state index contributed by atoms with van der Waals surface area (Å²) in [5.74, 6) is 3.60. The van der Waals surface area contributed by atoms with Crippen LogP contribution < -0.4 is 4.74 Å². The molecule has 34 heavy (non-hydrogen) atoms. The van der Waals surface area contributed by atoms with Gasteiger partial charge < -0.3 is 9.47 Å². The minimum Gasteiger partial charge on any atom is -0.497 e. The Morgan fingerprint density at radius 3 is 2.03 bits per heavy atom. The molecule has 1 fully saturated rings. The molecule has 3 rings (SSSR count). The summed E-state index contributed by atoms with van der Waals surface area (Å²) in [5, 5.41) is 0.656. The number of hydrogen-bond donors (Lipinski definition) is 0. The van der Waals surface area contributed by atoms with E-state index in [2.05, 4.69) is 95.0 Å². The zero-order valence-corrected chi connectivity index (χ0v) is 24.2. The first-order valence-electron chi connectivity index (χ1n) is 12.6. The van der Waals surface area contributed by atoms with Crippen LogP contribution in [0.2, 0.25) is 0 Å². The Kier molecular flexibility index (Phi) is 11.3. The zero-order chi connectivity index (χ0) is 24.4. The molecule has 0 aromatic heterocycles. The molecule has 0 aliphatic carbocycles. The molecule has 188 valence electrons. The number of nitrogens with zero attached hydrogens (tertiary/aromatic N) is 1. The van der Waals surface area contributed by atoms with E-state index in [9.17, 15) is 0 Å². The van der Waals surface area contributed by atoms with Crippen molar-refractivity contribution in [3.8, 4) is 5.75 Å². The van der Waals surface area contributed by atoms with E-state index in [4.69, 9.17) is 9.47 Å². The second-order valence-electron chi connectivity index (χ2n) is 9.20. The molecular formula is C29H42INO2S. The van der Waals surface area contributed by atoms with Crippen molar-refractivity contribution in [1.29, 1.82) is 0 Å². The maximum Gasteiger partial charge on any atom is 0.118 e. The first-order valence-corrected chi connectivity index (χ1v) is 15.8. The van der Waals surface area contributed by atoms with Gasteiger partial charge in [0.15, 0.2) is 0 Å². The molecule has 0 bridgehead atoms. The van der Waals surface area contributed by atoms with Crippen molar-refractivity contribution in [2.75, 3.05) is 25.7 Å². The molecule has 2 aromatic rings. The number of ether oxygens (including phenoxy) is 2. The fourth-order valence-corrected chi connectivity index (χ4v) is 11.2. The molecular weight excluding hydrogens is 553 g/mol. The summed E-state index contributed by atoms with van der Waals surface area (Å²) in [6.45, 7) is 8.26. The summed E-state index contributed by atoms with van der Waals surface area (Å²) in [4.78, 5) is 0. The van der Waals surface area contributed by atoms with Crippen LogP contribution in [0, 0.1) is 0 Å². The summed E-state index contributed by atoms with van der Waals surface area (Å²) < 4.78 is 14.3. The highest BCUT2D eigenvalue weighted by molar-refractivity contribution is 14.1. The molecule has 5 heteroatoms. The van der Waals surface area contributed by atoms with E-state index >= 15 is 0 Å². The van der Waals surface area contributed by atoms with Gasteiger partial charge in [-0.15, -0.1) is 6.58 Å². The first-order chi connectivity index (χ1) is 16.5. The lowest BCUT2D eigenvalue weighted by Gasteiger charge is -2.52. The number of benzene rings is 2. The fraction of sp³-hybridized carbons (Fsp3) is 0.517. The monoisotopic (exact) mass is 595 g/mol. The van der Waals surface area contributed by atoms with Crippen molar-refractivity contribution < 1.29 is 9.47 Å². The molecule has 1 aliphatic rings.